The molecule has 0 aliphatic carbocycles. The smallest absolute Gasteiger partial charge is 0.141 e. The molecule has 0 aliphatic rings. The minimum Gasteiger partial charge on any atom is -0.318 e. The molecule has 3 nitrogen and oxygen atoms in total. The zero-order chi connectivity index (χ0) is 12.4. The van der Waals surface area contributed by atoms with Gasteiger partial charge in [0.25, 0.3) is 0 Å². The summed E-state index contributed by atoms with van der Waals surface area (Å²) in [6.07, 6.45) is 0. The molecule has 1 aromatic carbocycles. The van der Waals surface area contributed by atoms with Gasteiger partial charge in [-0.05, 0) is 31.3 Å². The summed E-state index contributed by atoms with van der Waals surface area (Å²) in [5, 5.41) is 3.60. The Morgan fingerprint density at radius 3 is 2.59 bits per heavy atom. The third kappa shape index (κ3) is 2.33. The molecule has 2 rings (SSSR count). The van der Waals surface area contributed by atoms with E-state index in [4.69, 9.17) is 11.6 Å². The van der Waals surface area contributed by atoms with Crippen molar-refractivity contribution in [2.45, 2.75) is 6.54 Å². The van der Waals surface area contributed by atoms with Gasteiger partial charge in [0.05, 0.1) is 5.69 Å². The van der Waals surface area contributed by atoms with Gasteiger partial charge in [-0.25, -0.2) is 9.37 Å². The van der Waals surface area contributed by atoms with Crippen LogP contribution in [0.15, 0.2) is 24.3 Å². The van der Waals surface area contributed by atoms with Gasteiger partial charge in [0, 0.05) is 19.2 Å². The summed E-state index contributed by atoms with van der Waals surface area (Å²) in [5.74, 6) is 0.477. The summed E-state index contributed by atoms with van der Waals surface area (Å²) >= 11 is 6.16. The fourth-order valence-corrected chi connectivity index (χ4v) is 1.86. The Morgan fingerprint density at radius 2 is 2.00 bits per heavy atom. The van der Waals surface area contributed by atoms with E-state index in [0.717, 1.165) is 17.1 Å². The first-order valence-corrected chi connectivity index (χ1v) is 5.63. The van der Waals surface area contributed by atoms with E-state index in [9.17, 15) is 4.39 Å². The quantitative estimate of drug-likeness (QED) is 0.911. The lowest BCUT2D eigenvalue weighted by Gasteiger charge is -2.01. The minimum absolute atomic E-state index is 0.260. The molecule has 17 heavy (non-hydrogen) atoms. The van der Waals surface area contributed by atoms with E-state index >= 15 is 0 Å². The van der Waals surface area contributed by atoms with E-state index in [1.54, 1.807) is 16.7 Å². The number of hydrogen-bond donors (Lipinski definition) is 1. The number of nitrogens with zero attached hydrogens (tertiary/aromatic N) is 2. The zero-order valence-corrected chi connectivity index (χ0v) is 10.4. The van der Waals surface area contributed by atoms with E-state index in [0.29, 0.717) is 11.7 Å². The Hall–Kier alpha value is -1.39. The second kappa shape index (κ2) is 4.85. The van der Waals surface area contributed by atoms with Crippen LogP contribution in [0, 0.1) is 5.82 Å². The number of hydrogen-bond acceptors (Lipinski definition) is 2. The highest BCUT2D eigenvalue weighted by atomic mass is 35.5. The molecule has 0 radical (unpaired) electrons. The summed E-state index contributed by atoms with van der Waals surface area (Å²) in [6, 6.07) is 6.21. The lowest BCUT2D eigenvalue weighted by atomic mass is 10.2. The van der Waals surface area contributed by atoms with Crippen molar-refractivity contribution >= 4 is 11.6 Å². The van der Waals surface area contributed by atoms with Gasteiger partial charge in [-0.1, -0.05) is 11.6 Å². The first kappa shape index (κ1) is 12.1. The third-order valence-corrected chi connectivity index (χ3v) is 3.01. The lowest BCUT2D eigenvalue weighted by molar-refractivity contribution is 0.628. The highest BCUT2D eigenvalue weighted by Gasteiger charge is 2.13. The minimum atomic E-state index is -0.260. The van der Waals surface area contributed by atoms with Crippen molar-refractivity contribution in [1.29, 1.82) is 0 Å². The maximum Gasteiger partial charge on any atom is 0.141 e. The van der Waals surface area contributed by atoms with Gasteiger partial charge in [0.1, 0.15) is 16.8 Å². The average molecular weight is 254 g/mol. The van der Waals surface area contributed by atoms with Gasteiger partial charge in [-0.3, -0.25) is 0 Å². The highest BCUT2D eigenvalue weighted by molar-refractivity contribution is 6.30. The van der Waals surface area contributed by atoms with E-state index in [-0.39, 0.29) is 5.82 Å². The first-order chi connectivity index (χ1) is 8.13. The van der Waals surface area contributed by atoms with Gasteiger partial charge < -0.3 is 9.88 Å². The van der Waals surface area contributed by atoms with Crippen molar-refractivity contribution < 1.29 is 4.39 Å². The Morgan fingerprint density at radius 1 is 1.35 bits per heavy atom. The molecule has 90 valence electrons. The highest BCUT2D eigenvalue weighted by Crippen LogP contribution is 2.24. The van der Waals surface area contributed by atoms with Gasteiger partial charge in [0.15, 0.2) is 0 Å². The Kier molecular flexibility index (Phi) is 3.45. The van der Waals surface area contributed by atoms with Gasteiger partial charge >= 0.3 is 0 Å². The molecule has 0 bridgehead atoms. The molecule has 2 aromatic rings. The largest absolute Gasteiger partial charge is 0.318 e. The lowest BCUT2D eigenvalue weighted by Crippen LogP contribution is -2.05. The summed E-state index contributed by atoms with van der Waals surface area (Å²) in [7, 11) is 3.68. The molecule has 5 heteroatoms. The van der Waals surface area contributed by atoms with Crippen LogP contribution >= 0.6 is 11.6 Å². The van der Waals surface area contributed by atoms with Crippen molar-refractivity contribution in [3.05, 3.63) is 40.9 Å². The van der Waals surface area contributed by atoms with Crippen molar-refractivity contribution in [3.8, 4) is 11.4 Å². The van der Waals surface area contributed by atoms with Crippen LogP contribution in [0.3, 0.4) is 0 Å². The summed E-state index contributed by atoms with van der Waals surface area (Å²) in [5.41, 5.74) is 1.63. The topological polar surface area (TPSA) is 29.9 Å². The van der Waals surface area contributed by atoms with Crippen molar-refractivity contribution in [3.63, 3.8) is 0 Å². The van der Waals surface area contributed by atoms with Gasteiger partial charge in [-0.15, -0.1) is 0 Å². The predicted molar refractivity (Wildman–Crippen MR) is 66.4 cm³/mol. The van der Waals surface area contributed by atoms with E-state index in [2.05, 4.69) is 10.3 Å². The molecule has 0 amide bonds. The molecular weight excluding hydrogens is 241 g/mol. The molecule has 1 heterocycles. The molecule has 0 atom stereocenters. The number of benzene rings is 1. The molecular formula is C12H13ClFN3. The van der Waals surface area contributed by atoms with E-state index < -0.39 is 0 Å². The van der Waals surface area contributed by atoms with Crippen LogP contribution in [-0.2, 0) is 13.6 Å². The van der Waals surface area contributed by atoms with Crippen LogP contribution in [0.4, 0.5) is 4.39 Å². The molecule has 0 aliphatic heterocycles. The second-order valence-electron chi connectivity index (χ2n) is 3.77. The summed E-state index contributed by atoms with van der Waals surface area (Å²) in [4.78, 5) is 4.45. The maximum atomic E-state index is 12.8. The molecule has 0 fully saturated rings. The van der Waals surface area contributed by atoms with Crippen LogP contribution in [0.2, 0.25) is 5.15 Å². The Balaban J connectivity index is 2.45. The van der Waals surface area contributed by atoms with Crippen LogP contribution < -0.4 is 5.32 Å². The fourth-order valence-electron chi connectivity index (χ4n) is 1.67. The van der Waals surface area contributed by atoms with E-state index in [1.165, 1.54) is 12.1 Å². The maximum absolute atomic E-state index is 12.8. The number of nitrogens with one attached hydrogen (secondary N) is 1. The van der Waals surface area contributed by atoms with Gasteiger partial charge in [0.2, 0.25) is 0 Å². The molecule has 1 N–H and O–H groups in total. The number of imidazole rings is 1. The van der Waals surface area contributed by atoms with E-state index in [1.807, 2.05) is 14.1 Å². The van der Waals surface area contributed by atoms with Crippen LogP contribution in [0.1, 0.15) is 5.69 Å². The molecule has 0 saturated carbocycles. The second-order valence-corrected chi connectivity index (χ2v) is 4.13. The summed E-state index contributed by atoms with van der Waals surface area (Å²) in [6.45, 7) is 0.605. The third-order valence-electron chi connectivity index (χ3n) is 2.54. The van der Waals surface area contributed by atoms with Crippen LogP contribution in [0.5, 0.6) is 0 Å². The number of aromatic nitrogens is 2. The number of rotatable bonds is 3. The molecule has 1 aromatic heterocycles. The normalized spacial score (nSPS) is 10.8. The molecule has 0 unspecified atom stereocenters. The van der Waals surface area contributed by atoms with Crippen LogP contribution in [-0.4, -0.2) is 16.6 Å². The standard InChI is InChI=1S/C12H13ClFN3/c1-15-7-10-11(13)17(2)12(16-10)8-3-5-9(14)6-4-8/h3-6,15H,7H2,1-2H3. The first-order valence-electron chi connectivity index (χ1n) is 5.25. The van der Waals surface area contributed by atoms with Crippen LogP contribution in [0.25, 0.3) is 11.4 Å². The van der Waals surface area contributed by atoms with Crippen molar-refractivity contribution in [2.24, 2.45) is 7.05 Å². The summed E-state index contributed by atoms with van der Waals surface area (Å²) < 4.78 is 14.6. The van der Waals surface area contributed by atoms with Gasteiger partial charge in [-0.2, -0.15) is 0 Å². The predicted octanol–water partition coefficient (Wildman–Crippen LogP) is 2.60. The average Bonchev–Trinajstić information content (AvgIpc) is 2.59. The van der Waals surface area contributed by atoms with Crippen molar-refractivity contribution in [1.82, 2.24) is 14.9 Å². The fraction of sp³-hybridized carbons (Fsp3) is 0.250. The monoisotopic (exact) mass is 253 g/mol. The Labute approximate surface area is 104 Å². The van der Waals surface area contributed by atoms with Crippen molar-refractivity contribution in [2.75, 3.05) is 7.05 Å². The zero-order valence-electron chi connectivity index (χ0n) is 9.67. The SMILES string of the molecule is CNCc1nc(-c2ccc(F)cc2)n(C)c1Cl. The molecule has 0 saturated heterocycles. The molecule has 0 spiro atoms. The Bertz CT molecular complexity index is 519. The number of halogens is 2.